The fourth-order valence-corrected chi connectivity index (χ4v) is 13.6. The Hall–Kier alpha value is -3.73. The maximum Gasteiger partial charge on any atom is 0.0798 e. The molecule has 1 radical (unpaired) electrons. The summed E-state index contributed by atoms with van der Waals surface area (Å²) in [5, 5.41) is 4.18. The summed E-state index contributed by atoms with van der Waals surface area (Å²) < 4.78 is 2.62. The van der Waals surface area contributed by atoms with Gasteiger partial charge in [0.25, 0.3) is 0 Å². The summed E-state index contributed by atoms with van der Waals surface area (Å²) in [4.78, 5) is 9.60. The summed E-state index contributed by atoms with van der Waals surface area (Å²) in [6, 6.07) is 38.7. The van der Waals surface area contributed by atoms with Crippen molar-refractivity contribution in [2.24, 2.45) is 11.8 Å². The second kappa shape index (κ2) is 20.0. The van der Waals surface area contributed by atoms with E-state index in [1.807, 2.05) is 17.5 Å². The summed E-state index contributed by atoms with van der Waals surface area (Å²) >= 11 is 1.86. The molecule has 3 saturated carbocycles. The van der Waals surface area contributed by atoms with Gasteiger partial charge in [0, 0.05) is 37.2 Å². The molecule has 62 heavy (non-hydrogen) atoms. The van der Waals surface area contributed by atoms with Crippen LogP contribution in [0.1, 0.15) is 117 Å². The molecule has 3 fully saturated rings. The molecule has 3 aliphatic rings. The molecule has 10 rings (SSSR count). The number of hydrogen-bond acceptors (Lipinski definition) is 3. The standard InChI is InChI=1S/C31H28NS.C26H36NSi.Ir/c1-20-6-5-7-21(2)31(20)25-10-12-26-27-18-24(11-13-29(27)33-30(26)19-25)28-17-23(14-15-32-28)16-22-8-3-4-9-22;1-28(2,3)26-19-27-25(18-24(26)17-20-9-7-8-10-20)23-15-13-22(14-16-23)21-11-5-4-6-12-21;/h5-7,10,12-15,17-19,22H,3-4,8-9,16H2,1-2H3;13-15,18-21H,4-12,17H2,1-3H3;/q2*-1;. The number of aromatic nitrogens is 2. The molecule has 3 heterocycles. The molecule has 0 unspecified atom stereocenters. The van der Waals surface area contributed by atoms with Crippen molar-refractivity contribution in [3.63, 3.8) is 0 Å². The maximum atomic E-state index is 4.90. The first-order valence-corrected chi connectivity index (χ1v) is 27.9. The molecule has 0 N–H and O–H groups in total. The van der Waals surface area contributed by atoms with Crippen molar-refractivity contribution >= 4 is 44.8 Å². The Kier molecular flexibility index (Phi) is 14.5. The molecular weight excluding hydrogens is 965 g/mol. The van der Waals surface area contributed by atoms with Crippen molar-refractivity contribution in [3.05, 3.63) is 137 Å². The van der Waals surface area contributed by atoms with Crippen LogP contribution in [0.15, 0.2) is 97.3 Å². The van der Waals surface area contributed by atoms with Gasteiger partial charge in [0.15, 0.2) is 0 Å². The molecule has 0 aliphatic heterocycles. The number of benzene rings is 4. The van der Waals surface area contributed by atoms with Gasteiger partial charge in [-0.05, 0) is 99.6 Å². The van der Waals surface area contributed by atoms with Gasteiger partial charge >= 0.3 is 0 Å². The Morgan fingerprint density at radius 2 is 1.31 bits per heavy atom. The summed E-state index contributed by atoms with van der Waals surface area (Å²) in [6.45, 7) is 11.8. The van der Waals surface area contributed by atoms with E-state index in [4.69, 9.17) is 9.97 Å². The Morgan fingerprint density at radius 1 is 0.629 bits per heavy atom. The number of pyridine rings is 2. The zero-order valence-electron chi connectivity index (χ0n) is 37.7. The van der Waals surface area contributed by atoms with Gasteiger partial charge in [0.05, 0.1) is 8.07 Å². The number of hydrogen-bond donors (Lipinski definition) is 0. The zero-order chi connectivity index (χ0) is 41.9. The second-order valence-electron chi connectivity index (χ2n) is 19.8. The molecule has 0 amide bonds. The molecule has 0 saturated heterocycles. The molecule has 323 valence electrons. The van der Waals surface area contributed by atoms with Crippen LogP contribution in [0.3, 0.4) is 0 Å². The molecule has 0 spiro atoms. The number of fused-ring (bicyclic) bond motifs is 3. The molecule has 0 bridgehead atoms. The fraction of sp³-hybridized carbons (Fsp3) is 0.404. The van der Waals surface area contributed by atoms with E-state index in [9.17, 15) is 0 Å². The van der Waals surface area contributed by atoms with Gasteiger partial charge in [0.1, 0.15) is 0 Å². The first-order chi connectivity index (χ1) is 29.7. The number of rotatable bonds is 9. The smallest absolute Gasteiger partial charge is 0.0798 e. The number of aryl methyl sites for hydroxylation is 2. The van der Waals surface area contributed by atoms with E-state index in [1.54, 1.807) is 10.8 Å². The SMILES string of the molecule is C[Si](C)(C)c1cnc(-c2[c-]cc(C3CCCCC3)cc2)cc1CC1CCCC1.Cc1cccc(C)c1-c1ccc2c(c1)sc1c[c-]c(-c3cc(CC4CCCC4)ccn3)cc12.[Ir]. The Labute approximate surface area is 390 Å². The van der Waals surface area contributed by atoms with Crippen LogP contribution in [0.25, 0.3) is 53.8 Å². The third kappa shape index (κ3) is 10.3. The minimum atomic E-state index is -1.38. The summed E-state index contributed by atoms with van der Waals surface area (Å²) in [7, 11) is -1.38. The summed E-state index contributed by atoms with van der Waals surface area (Å²) in [5.74, 6) is 2.47. The van der Waals surface area contributed by atoms with Crippen LogP contribution in [-0.2, 0) is 32.9 Å². The van der Waals surface area contributed by atoms with E-state index in [1.165, 1.54) is 150 Å². The largest absolute Gasteiger partial charge is 0.305 e. The monoisotopic (exact) mass is 1030 g/mol. The van der Waals surface area contributed by atoms with E-state index < -0.39 is 8.07 Å². The van der Waals surface area contributed by atoms with Crippen LogP contribution in [0.4, 0.5) is 0 Å². The van der Waals surface area contributed by atoms with Crippen molar-refractivity contribution in [3.8, 4) is 33.6 Å². The van der Waals surface area contributed by atoms with Crippen LogP contribution in [-0.4, -0.2) is 18.0 Å². The van der Waals surface area contributed by atoms with E-state index in [0.717, 1.165) is 40.3 Å². The average molecular weight is 1030 g/mol. The third-order valence-electron chi connectivity index (χ3n) is 14.2. The number of nitrogens with zero attached hydrogens (tertiary/aromatic N) is 2. The van der Waals surface area contributed by atoms with E-state index >= 15 is 0 Å². The molecule has 2 nitrogen and oxygen atoms in total. The minimum absolute atomic E-state index is 0. The molecule has 4 aromatic carbocycles. The normalized spacial score (nSPS) is 16.4. The zero-order valence-corrected chi connectivity index (χ0v) is 41.9. The van der Waals surface area contributed by atoms with Crippen molar-refractivity contribution < 1.29 is 20.1 Å². The van der Waals surface area contributed by atoms with Crippen molar-refractivity contribution in [2.75, 3.05) is 0 Å². The maximum absolute atomic E-state index is 4.90. The minimum Gasteiger partial charge on any atom is -0.305 e. The first kappa shape index (κ1) is 44.9. The molecule has 7 aromatic rings. The Bertz CT molecular complexity index is 2580. The van der Waals surface area contributed by atoms with Gasteiger partial charge in [-0.25, -0.2) is 0 Å². The van der Waals surface area contributed by atoms with Crippen LogP contribution >= 0.6 is 11.3 Å². The van der Waals surface area contributed by atoms with Crippen LogP contribution in [0.2, 0.25) is 19.6 Å². The average Bonchev–Trinajstić information content (AvgIpc) is 4.06. The predicted octanol–water partition coefficient (Wildman–Crippen LogP) is 15.8. The molecular formula is C57H64IrN2SSi-2. The topological polar surface area (TPSA) is 25.8 Å². The summed E-state index contributed by atoms with van der Waals surface area (Å²) in [5.41, 5.74) is 14.2. The van der Waals surface area contributed by atoms with Gasteiger partial charge in [-0.2, -0.15) is 11.3 Å². The first-order valence-electron chi connectivity index (χ1n) is 23.6. The van der Waals surface area contributed by atoms with Crippen LogP contribution in [0.5, 0.6) is 0 Å². The predicted molar refractivity (Wildman–Crippen MR) is 265 cm³/mol. The summed E-state index contributed by atoms with van der Waals surface area (Å²) in [6.07, 6.45) is 24.7. The van der Waals surface area contributed by atoms with Crippen molar-refractivity contribution in [1.29, 1.82) is 0 Å². The molecule has 3 aromatic heterocycles. The van der Waals surface area contributed by atoms with E-state index in [-0.39, 0.29) is 20.1 Å². The van der Waals surface area contributed by atoms with Gasteiger partial charge in [-0.1, -0.05) is 168 Å². The molecule has 0 atom stereocenters. The molecule has 3 aliphatic carbocycles. The third-order valence-corrected chi connectivity index (χ3v) is 17.4. The van der Waals surface area contributed by atoms with Crippen LogP contribution < -0.4 is 5.19 Å². The van der Waals surface area contributed by atoms with Gasteiger partial charge in [-0.3, -0.25) is 0 Å². The molecule has 5 heteroatoms. The van der Waals surface area contributed by atoms with Crippen LogP contribution in [0, 0.1) is 37.8 Å². The second-order valence-corrected chi connectivity index (χ2v) is 25.9. The Morgan fingerprint density at radius 3 is 2.00 bits per heavy atom. The van der Waals surface area contributed by atoms with Crippen molar-refractivity contribution in [2.45, 2.75) is 136 Å². The van der Waals surface area contributed by atoms with Gasteiger partial charge in [-0.15, -0.1) is 59.2 Å². The van der Waals surface area contributed by atoms with E-state index in [0.29, 0.717) is 0 Å². The van der Waals surface area contributed by atoms with Crippen molar-refractivity contribution in [1.82, 2.24) is 9.97 Å². The number of thiophene rings is 1. The van der Waals surface area contributed by atoms with Gasteiger partial charge in [0.2, 0.25) is 0 Å². The quantitative estimate of drug-likeness (QED) is 0.106. The fourth-order valence-electron chi connectivity index (χ4n) is 10.9. The Balaban J connectivity index is 0.000000170. The van der Waals surface area contributed by atoms with Gasteiger partial charge < -0.3 is 9.97 Å². The van der Waals surface area contributed by atoms with E-state index in [2.05, 4.69) is 137 Å².